The summed E-state index contributed by atoms with van der Waals surface area (Å²) in [5.74, 6) is -1.40. The number of benzene rings is 2. The molecule has 2 aromatic rings. The molecule has 0 unspecified atom stereocenters. The molecule has 0 saturated heterocycles. The van der Waals surface area contributed by atoms with E-state index in [1.54, 1.807) is 6.92 Å². The molecule has 0 fully saturated rings. The molecular formula is C18H16F3NO5. The summed E-state index contributed by atoms with van der Waals surface area (Å²) in [6.45, 7) is 1.83. The SMILES string of the molecule is CCOC(=O)c1ccc(OC)c(C(=O)Nc2ccc(OC(F)(F)F)cc2)c1. The van der Waals surface area contributed by atoms with Crippen LogP contribution >= 0.6 is 0 Å². The molecule has 0 spiro atoms. The Hall–Kier alpha value is -3.23. The maximum absolute atomic E-state index is 12.5. The Bertz CT molecular complexity index is 819. The number of hydrogen-bond acceptors (Lipinski definition) is 5. The van der Waals surface area contributed by atoms with Gasteiger partial charge in [0.1, 0.15) is 11.5 Å². The van der Waals surface area contributed by atoms with Gasteiger partial charge in [-0.05, 0) is 49.4 Å². The van der Waals surface area contributed by atoms with E-state index in [1.165, 1.54) is 37.4 Å². The number of carbonyl (C=O) groups excluding carboxylic acids is 2. The van der Waals surface area contributed by atoms with E-state index in [-0.39, 0.29) is 29.2 Å². The zero-order valence-corrected chi connectivity index (χ0v) is 14.4. The number of nitrogens with one attached hydrogen (secondary N) is 1. The second-order valence-electron chi connectivity index (χ2n) is 5.16. The smallest absolute Gasteiger partial charge is 0.496 e. The van der Waals surface area contributed by atoms with Crippen LogP contribution in [-0.2, 0) is 4.74 Å². The molecule has 2 rings (SSSR count). The fourth-order valence-corrected chi connectivity index (χ4v) is 2.17. The Kier molecular flexibility index (Phi) is 6.27. The fraction of sp³-hybridized carbons (Fsp3) is 0.222. The van der Waals surface area contributed by atoms with Crippen LogP contribution in [0.3, 0.4) is 0 Å². The van der Waals surface area contributed by atoms with Gasteiger partial charge in [-0.15, -0.1) is 13.2 Å². The number of amides is 1. The lowest BCUT2D eigenvalue weighted by Gasteiger charge is -2.12. The molecule has 0 bridgehead atoms. The monoisotopic (exact) mass is 383 g/mol. The van der Waals surface area contributed by atoms with Crippen molar-refractivity contribution in [3.05, 3.63) is 53.6 Å². The summed E-state index contributed by atoms with van der Waals surface area (Å²) in [6, 6.07) is 8.84. The van der Waals surface area contributed by atoms with Gasteiger partial charge in [0, 0.05) is 5.69 Å². The second kappa shape index (κ2) is 8.43. The molecule has 27 heavy (non-hydrogen) atoms. The summed E-state index contributed by atoms with van der Waals surface area (Å²) in [5, 5.41) is 2.51. The Morgan fingerprint density at radius 1 is 1.07 bits per heavy atom. The minimum Gasteiger partial charge on any atom is -0.496 e. The van der Waals surface area contributed by atoms with Crippen LogP contribution in [0.1, 0.15) is 27.6 Å². The summed E-state index contributed by atoms with van der Waals surface area (Å²) < 4.78 is 50.3. The Balaban J connectivity index is 2.19. The second-order valence-corrected chi connectivity index (χ2v) is 5.16. The Morgan fingerprint density at radius 2 is 1.74 bits per heavy atom. The highest BCUT2D eigenvalue weighted by molar-refractivity contribution is 6.07. The maximum Gasteiger partial charge on any atom is 0.573 e. The molecule has 9 heteroatoms. The summed E-state index contributed by atoms with van der Waals surface area (Å²) in [7, 11) is 1.36. The third-order valence-corrected chi connectivity index (χ3v) is 3.30. The summed E-state index contributed by atoms with van der Waals surface area (Å²) >= 11 is 0. The first kappa shape index (κ1) is 20.1. The minimum absolute atomic E-state index is 0.0682. The molecule has 0 aromatic heterocycles. The molecule has 0 aliphatic heterocycles. The largest absolute Gasteiger partial charge is 0.573 e. The van der Waals surface area contributed by atoms with E-state index in [9.17, 15) is 22.8 Å². The van der Waals surface area contributed by atoms with Crippen molar-refractivity contribution in [1.82, 2.24) is 0 Å². The molecule has 1 N–H and O–H groups in total. The summed E-state index contributed by atoms with van der Waals surface area (Å²) in [4.78, 5) is 24.3. The molecule has 0 aliphatic rings. The first-order chi connectivity index (χ1) is 12.7. The van der Waals surface area contributed by atoms with Gasteiger partial charge in [-0.1, -0.05) is 0 Å². The minimum atomic E-state index is -4.80. The molecule has 2 aromatic carbocycles. The zero-order valence-electron chi connectivity index (χ0n) is 14.4. The molecular weight excluding hydrogens is 367 g/mol. The number of carbonyl (C=O) groups is 2. The molecule has 0 heterocycles. The summed E-state index contributed by atoms with van der Waals surface area (Å²) in [5.41, 5.74) is 0.466. The number of ether oxygens (including phenoxy) is 3. The average molecular weight is 383 g/mol. The first-order valence-electron chi connectivity index (χ1n) is 7.76. The van der Waals surface area contributed by atoms with E-state index >= 15 is 0 Å². The van der Waals surface area contributed by atoms with Gasteiger partial charge in [0.05, 0.1) is 24.8 Å². The van der Waals surface area contributed by atoms with Gasteiger partial charge in [-0.2, -0.15) is 0 Å². The molecule has 144 valence electrons. The van der Waals surface area contributed by atoms with E-state index in [0.29, 0.717) is 0 Å². The van der Waals surface area contributed by atoms with Crippen molar-refractivity contribution in [3.8, 4) is 11.5 Å². The molecule has 6 nitrogen and oxygen atoms in total. The number of hydrogen-bond donors (Lipinski definition) is 1. The highest BCUT2D eigenvalue weighted by Gasteiger charge is 2.31. The van der Waals surface area contributed by atoms with Gasteiger partial charge in [0.2, 0.25) is 0 Å². The molecule has 0 saturated carbocycles. The number of halogens is 3. The molecule has 0 atom stereocenters. The van der Waals surface area contributed by atoms with Gasteiger partial charge in [0.25, 0.3) is 5.91 Å². The van der Waals surface area contributed by atoms with Crippen LogP contribution in [0.5, 0.6) is 11.5 Å². The predicted octanol–water partition coefficient (Wildman–Crippen LogP) is 4.02. The Morgan fingerprint density at radius 3 is 2.30 bits per heavy atom. The molecule has 0 radical (unpaired) electrons. The van der Waals surface area contributed by atoms with Crippen LogP contribution in [0.4, 0.5) is 18.9 Å². The van der Waals surface area contributed by atoms with Crippen molar-refractivity contribution in [1.29, 1.82) is 0 Å². The average Bonchev–Trinajstić information content (AvgIpc) is 2.61. The van der Waals surface area contributed by atoms with Gasteiger partial charge in [-0.25, -0.2) is 4.79 Å². The van der Waals surface area contributed by atoms with Gasteiger partial charge < -0.3 is 19.5 Å². The van der Waals surface area contributed by atoms with Crippen LogP contribution < -0.4 is 14.8 Å². The van der Waals surface area contributed by atoms with Crippen LogP contribution in [0, 0.1) is 0 Å². The molecule has 1 amide bonds. The standard InChI is InChI=1S/C18H16F3NO5/c1-3-26-17(24)11-4-9-15(25-2)14(10-11)16(23)22-12-5-7-13(8-6-12)27-18(19,20)21/h4-10H,3H2,1-2H3,(H,22,23). The Labute approximate surface area is 152 Å². The van der Waals surface area contributed by atoms with E-state index in [2.05, 4.69) is 10.1 Å². The number of alkyl halides is 3. The van der Waals surface area contributed by atoms with Crippen LogP contribution in [0.2, 0.25) is 0 Å². The fourth-order valence-electron chi connectivity index (χ4n) is 2.17. The highest BCUT2D eigenvalue weighted by Crippen LogP contribution is 2.25. The summed E-state index contributed by atoms with van der Waals surface area (Å²) in [6.07, 6.45) is -4.80. The normalized spacial score (nSPS) is 10.9. The van der Waals surface area contributed by atoms with Gasteiger partial charge >= 0.3 is 12.3 Å². The van der Waals surface area contributed by atoms with Crippen molar-refractivity contribution in [2.75, 3.05) is 19.0 Å². The number of methoxy groups -OCH3 is 1. The number of rotatable bonds is 6. The number of anilines is 1. The van der Waals surface area contributed by atoms with Gasteiger partial charge in [0.15, 0.2) is 0 Å². The highest BCUT2D eigenvalue weighted by atomic mass is 19.4. The lowest BCUT2D eigenvalue weighted by atomic mass is 10.1. The third-order valence-electron chi connectivity index (χ3n) is 3.30. The van der Waals surface area contributed by atoms with E-state index in [4.69, 9.17) is 9.47 Å². The predicted molar refractivity (Wildman–Crippen MR) is 90.0 cm³/mol. The van der Waals surface area contributed by atoms with Gasteiger partial charge in [-0.3, -0.25) is 4.79 Å². The third kappa shape index (κ3) is 5.63. The van der Waals surface area contributed by atoms with Crippen LogP contribution in [0.15, 0.2) is 42.5 Å². The van der Waals surface area contributed by atoms with E-state index < -0.39 is 24.0 Å². The lowest BCUT2D eigenvalue weighted by molar-refractivity contribution is -0.274. The van der Waals surface area contributed by atoms with E-state index in [1.807, 2.05) is 0 Å². The van der Waals surface area contributed by atoms with E-state index in [0.717, 1.165) is 12.1 Å². The maximum atomic E-state index is 12.5. The lowest BCUT2D eigenvalue weighted by Crippen LogP contribution is -2.17. The van der Waals surface area contributed by atoms with Crippen molar-refractivity contribution >= 4 is 17.6 Å². The van der Waals surface area contributed by atoms with Crippen molar-refractivity contribution in [3.63, 3.8) is 0 Å². The van der Waals surface area contributed by atoms with Crippen molar-refractivity contribution < 1.29 is 37.0 Å². The van der Waals surface area contributed by atoms with Crippen molar-refractivity contribution in [2.45, 2.75) is 13.3 Å². The number of esters is 1. The van der Waals surface area contributed by atoms with Crippen molar-refractivity contribution in [2.24, 2.45) is 0 Å². The quantitative estimate of drug-likeness (QED) is 0.763. The first-order valence-corrected chi connectivity index (χ1v) is 7.76. The topological polar surface area (TPSA) is 73.9 Å². The molecule has 0 aliphatic carbocycles. The zero-order chi connectivity index (χ0) is 20.0. The van der Waals surface area contributed by atoms with Crippen LogP contribution in [-0.4, -0.2) is 32.0 Å². The van der Waals surface area contributed by atoms with Crippen LogP contribution in [0.25, 0.3) is 0 Å².